The number of hydrazine groups is 2. The summed E-state index contributed by atoms with van der Waals surface area (Å²) in [7, 11) is 0. The highest BCUT2D eigenvalue weighted by Crippen LogP contribution is 2.54. The van der Waals surface area contributed by atoms with E-state index in [1.54, 1.807) is 30.6 Å². The maximum absolute atomic E-state index is 14.8. The minimum absolute atomic E-state index is 0.0344. The summed E-state index contributed by atoms with van der Waals surface area (Å²) < 4.78 is 56.8. The van der Waals surface area contributed by atoms with Gasteiger partial charge in [-0.2, -0.15) is 13.2 Å². The Morgan fingerprint density at radius 2 is 1.89 bits per heavy atom. The number of anilines is 2. The third-order valence-electron chi connectivity index (χ3n) is 7.91. The number of hydrogen-bond acceptors (Lipinski definition) is 7. The molecule has 2 aromatic heterocycles. The fourth-order valence-electron chi connectivity index (χ4n) is 5.40. The van der Waals surface area contributed by atoms with Crippen LogP contribution in [0.15, 0.2) is 60.8 Å². The Balaban J connectivity index is 1.48. The first kappa shape index (κ1) is 29.8. The van der Waals surface area contributed by atoms with Crippen LogP contribution in [0.5, 0.6) is 0 Å². The number of halogens is 5. The molecule has 1 aliphatic carbocycles. The molecule has 0 saturated heterocycles. The molecule has 2 aliphatic rings. The Kier molecular flexibility index (Phi) is 7.25. The van der Waals surface area contributed by atoms with Crippen LogP contribution < -0.4 is 21.6 Å². The number of nitrogens with one attached hydrogen (secondary N) is 4. The van der Waals surface area contributed by atoms with Crippen LogP contribution in [0.25, 0.3) is 21.7 Å². The summed E-state index contributed by atoms with van der Waals surface area (Å²) in [4.78, 5) is 8.55. The maximum Gasteiger partial charge on any atom is 0.413 e. The highest BCUT2D eigenvalue weighted by atomic mass is 35.5. The number of hydrogen-bond donors (Lipinski definition) is 4. The molecule has 4 aromatic rings. The van der Waals surface area contributed by atoms with E-state index in [-0.39, 0.29) is 23.6 Å². The second-order valence-corrected chi connectivity index (χ2v) is 12.7. The van der Waals surface area contributed by atoms with Gasteiger partial charge >= 0.3 is 6.18 Å². The zero-order chi connectivity index (χ0) is 31.4. The number of fused-ring (bicyclic) bond motifs is 2. The van der Waals surface area contributed by atoms with Crippen molar-refractivity contribution in [3.8, 4) is 12.3 Å². The second-order valence-electron chi connectivity index (χ2n) is 12.3. The van der Waals surface area contributed by atoms with E-state index in [0.29, 0.717) is 56.1 Å². The molecule has 0 radical (unpaired) electrons. The monoisotopic (exact) mass is 623 g/mol. The number of rotatable bonds is 7. The van der Waals surface area contributed by atoms with Gasteiger partial charge in [-0.15, -0.1) is 12.0 Å². The van der Waals surface area contributed by atoms with Gasteiger partial charge in [-0.3, -0.25) is 15.0 Å². The van der Waals surface area contributed by atoms with Gasteiger partial charge in [-0.05, 0) is 53.5 Å². The van der Waals surface area contributed by atoms with Crippen molar-refractivity contribution in [3.05, 3.63) is 82.8 Å². The van der Waals surface area contributed by atoms with Crippen LogP contribution in [0.4, 0.5) is 28.9 Å². The van der Waals surface area contributed by atoms with E-state index in [0.717, 1.165) is 5.01 Å². The molecule has 0 bridgehead atoms. The van der Waals surface area contributed by atoms with Gasteiger partial charge in [0, 0.05) is 47.8 Å². The molecule has 1 atom stereocenters. The molecule has 1 aliphatic heterocycles. The summed E-state index contributed by atoms with van der Waals surface area (Å²) in [5, 5.41) is 9.80. The highest BCUT2D eigenvalue weighted by molar-refractivity contribution is 6.35. The summed E-state index contributed by atoms with van der Waals surface area (Å²) in [6.45, 7) is 6.90. The van der Waals surface area contributed by atoms with E-state index in [1.165, 1.54) is 18.5 Å². The molecule has 44 heavy (non-hydrogen) atoms. The SMILES string of the molecule is C#Cc1cnc2c(Cl)cc(N[C@H](C3=CN(C4(C(F)(F)F)CC4)NN3)c3ccc(F)c4cnccc34)cc2c1NCC(C)(C)C. The van der Waals surface area contributed by atoms with E-state index in [2.05, 4.69) is 58.3 Å². The zero-order valence-corrected chi connectivity index (χ0v) is 25.0. The first-order valence-electron chi connectivity index (χ1n) is 14.0. The molecule has 2 aromatic carbocycles. The summed E-state index contributed by atoms with van der Waals surface area (Å²) in [5.41, 5.74) is 6.89. The van der Waals surface area contributed by atoms with E-state index < -0.39 is 23.6 Å². The summed E-state index contributed by atoms with van der Waals surface area (Å²) in [6.07, 6.45) is 7.28. The molecular weight excluding hydrogens is 594 g/mol. The van der Waals surface area contributed by atoms with E-state index in [4.69, 9.17) is 18.0 Å². The molecule has 6 rings (SSSR count). The summed E-state index contributed by atoms with van der Waals surface area (Å²) in [6, 6.07) is 7.38. The first-order valence-corrected chi connectivity index (χ1v) is 14.4. The molecule has 12 heteroatoms. The van der Waals surface area contributed by atoms with Crippen molar-refractivity contribution in [1.82, 2.24) is 25.9 Å². The Morgan fingerprint density at radius 3 is 2.57 bits per heavy atom. The van der Waals surface area contributed by atoms with E-state index in [1.807, 2.05) is 6.07 Å². The lowest BCUT2D eigenvalue weighted by Gasteiger charge is -2.28. The van der Waals surface area contributed by atoms with Crippen molar-refractivity contribution in [2.75, 3.05) is 17.2 Å². The third kappa shape index (κ3) is 5.33. The van der Waals surface area contributed by atoms with E-state index in [9.17, 15) is 17.6 Å². The molecule has 0 amide bonds. The standard InChI is InChI=1S/C32H30ClF4N7/c1-5-18-14-39-28-22(27(18)40-17-30(2,3)4)12-19(13-24(28)33)41-29(21-6-7-25(34)23-15-38-11-8-20(21)23)26-16-44(43-42-26)31(9-10-31)32(35,36)37/h1,6-8,11-16,29,41-43H,9-10,17H2,2-4H3,(H,39,40)/t29-/m0/s1. The molecule has 1 saturated carbocycles. The molecule has 0 unspecified atom stereocenters. The van der Waals surface area contributed by atoms with Gasteiger partial charge in [-0.1, -0.05) is 44.4 Å². The predicted octanol–water partition coefficient (Wildman–Crippen LogP) is 7.43. The lowest BCUT2D eigenvalue weighted by Crippen LogP contribution is -2.52. The Labute approximate surface area is 257 Å². The molecule has 0 spiro atoms. The van der Waals surface area contributed by atoms with Gasteiger partial charge in [0.15, 0.2) is 5.54 Å². The average molecular weight is 624 g/mol. The van der Waals surface area contributed by atoms with Crippen molar-refractivity contribution in [2.45, 2.75) is 51.4 Å². The predicted molar refractivity (Wildman–Crippen MR) is 165 cm³/mol. The smallest absolute Gasteiger partial charge is 0.383 e. The van der Waals surface area contributed by atoms with Crippen molar-refractivity contribution in [2.24, 2.45) is 5.41 Å². The van der Waals surface area contributed by atoms with Gasteiger partial charge < -0.3 is 16.1 Å². The molecule has 7 nitrogen and oxygen atoms in total. The maximum atomic E-state index is 14.8. The van der Waals surface area contributed by atoms with Crippen LogP contribution in [0.3, 0.4) is 0 Å². The summed E-state index contributed by atoms with van der Waals surface area (Å²) in [5.74, 6) is 2.22. The topological polar surface area (TPSA) is 77.1 Å². The zero-order valence-electron chi connectivity index (χ0n) is 24.2. The van der Waals surface area contributed by atoms with Gasteiger partial charge in [0.2, 0.25) is 0 Å². The average Bonchev–Trinajstić information content (AvgIpc) is 3.66. The molecule has 3 heterocycles. The molecule has 4 N–H and O–H groups in total. The van der Waals surface area contributed by atoms with Crippen LogP contribution in [-0.4, -0.2) is 33.2 Å². The number of benzene rings is 2. The largest absolute Gasteiger partial charge is 0.413 e. The van der Waals surface area contributed by atoms with Gasteiger partial charge in [-0.25, -0.2) is 4.39 Å². The number of aromatic nitrogens is 2. The van der Waals surface area contributed by atoms with Crippen LogP contribution in [0.2, 0.25) is 5.02 Å². The number of nitrogens with zero attached hydrogens (tertiary/aromatic N) is 3. The van der Waals surface area contributed by atoms with Gasteiger partial charge in [0.25, 0.3) is 0 Å². The van der Waals surface area contributed by atoms with Crippen LogP contribution >= 0.6 is 11.6 Å². The molecule has 228 valence electrons. The van der Waals surface area contributed by atoms with Crippen molar-refractivity contribution in [1.29, 1.82) is 0 Å². The quantitative estimate of drug-likeness (QED) is 0.126. The first-order chi connectivity index (χ1) is 20.8. The molecular formula is C32H30ClF4N7. The minimum Gasteiger partial charge on any atom is -0.383 e. The van der Waals surface area contributed by atoms with Crippen LogP contribution in [0, 0.1) is 23.6 Å². The lowest BCUT2D eigenvalue weighted by atomic mass is 9.96. The fourth-order valence-corrected chi connectivity index (χ4v) is 5.67. The van der Waals surface area contributed by atoms with Crippen molar-refractivity contribution < 1.29 is 17.6 Å². The number of pyridine rings is 2. The Morgan fingerprint density at radius 1 is 1.11 bits per heavy atom. The van der Waals surface area contributed by atoms with Crippen molar-refractivity contribution in [3.63, 3.8) is 0 Å². The van der Waals surface area contributed by atoms with Crippen molar-refractivity contribution >= 4 is 44.7 Å². The fraction of sp³-hybridized carbons (Fsp3) is 0.312. The Hall–Kier alpha value is -4.27. The van der Waals surface area contributed by atoms with E-state index >= 15 is 0 Å². The number of alkyl halides is 3. The summed E-state index contributed by atoms with van der Waals surface area (Å²) >= 11 is 6.75. The normalized spacial score (nSPS) is 16.8. The number of terminal acetylenes is 1. The van der Waals surface area contributed by atoms with Crippen LogP contribution in [-0.2, 0) is 0 Å². The minimum atomic E-state index is -4.44. The van der Waals surface area contributed by atoms with Gasteiger partial charge in [0.05, 0.1) is 33.5 Å². The third-order valence-corrected chi connectivity index (χ3v) is 8.20. The van der Waals surface area contributed by atoms with Crippen LogP contribution in [0.1, 0.15) is 50.8 Å². The van der Waals surface area contributed by atoms with Gasteiger partial charge in [0.1, 0.15) is 5.82 Å². The Bertz CT molecular complexity index is 1840. The molecule has 1 fully saturated rings. The highest BCUT2D eigenvalue weighted by Gasteiger charge is 2.67. The second kappa shape index (κ2) is 10.7. The lowest BCUT2D eigenvalue weighted by molar-refractivity contribution is -0.195.